The Morgan fingerprint density at radius 3 is 2.41 bits per heavy atom. The number of aromatic nitrogens is 4. The molecule has 0 fully saturated rings. The molecule has 5 aromatic carbocycles. The molecule has 2 N–H and O–H groups in total. The van der Waals surface area contributed by atoms with E-state index in [1.807, 2.05) is 0 Å². The number of nitrogens with zero attached hydrogens (tertiary/aromatic N) is 2. The summed E-state index contributed by atoms with van der Waals surface area (Å²) in [6.07, 6.45) is 0.870. The van der Waals surface area contributed by atoms with Gasteiger partial charge in [-0.2, -0.15) is 0 Å². The summed E-state index contributed by atoms with van der Waals surface area (Å²) >= 11 is 0. The van der Waals surface area contributed by atoms with Crippen molar-refractivity contribution in [3.8, 4) is 28.0 Å². The molecule has 190 valence electrons. The molecule has 0 saturated carbocycles. The summed E-state index contributed by atoms with van der Waals surface area (Å²) < 4.78 is 6.32. The van der Waals surface area contributed by atoms with Crippen LogP contribution in [0.15, 0.2) is 72.8 Å². The zero-order valence-corrected chi connectivity index (χ0v) is 22.2. The molecular formula is C34H28N4O. The Bertz CT molecular complexity index is 2100. The van der Waals surface area contributed by atoms with Crippen molar-refractivity contribution in [1.29, 1.82) is 0 Å². The lowest BCUT2D eigenvalue weighted by Crippen LogP contribution is -2.06. The van der Waals surface area contributed by atoms with E-state index in [-0.39, 0.29) is 0 Å². The first-order chi connectivity index (χ1) is 19.1. The van der Waals surface area contributed by atoms with Crippen molar-refractivity contribution in [2.75, 3.05) is 0 Å². The molecule has 3 heterocycles. The number of imidazole rings is 2. The van der Waals surface area contributed by atoms with Crippen LogP contribution < -0.4 is 4.74 Å². The minimum atomic E-state index is 0.339. The molecule has 0 atom stereocenters. The van der Waals surface area contributed by atoms with Gasteiger partial charge in [0.1, 0.15) is 23.8 Å². The Balaban J connectivity index is 1.28. The number of rotatable bonds is 3. The molecule has 8 rings (SSSR count). The molecule has 0 unspecified atom stereocenters. The average molecular weight is 509 g/mol. The maximum Gasteiger partial charge on any atom is 0.155 e. The zero-order chi connectivity index (χ0) is 26.2. The zero-order valence-electron chi connectivity index (χ0n) is 22.2. The van der Waals surface area contributed by atoms with Gasteiger partial charge in [-0.3, -0.25) is 0 Å². The van der Waals surface area contributed by atoms with E-state index < -0.39 is 0 Å². The van der Waals surface area contributed by atoms with Crippen LogP contribution >= 0.6 is 0 Å². The highest BCUT2D eigenvalue weighted by Gasteiger charge is 2.22. The van der Waals surface area contributed by atoms with Gasteiger partial charge in [-0.1, -0.05) is 69.3 Å². The van der Waals surface area contributed by atoms with Crippen LogP contribution in [0.1, 0.15) is 43.9 Å². The fourth-order valence-electron chi connectivity index (χ4n) is 6.08. The Morgan fingerprint density at radius 2 is 1.56 bits per heavy atom. The van der Waals surface area contributed by atoms with E-state index in [0.29, 0.717) is 12.5 Å². The van der Waals surface area contributed by atoms with E-state index in [2.05, 4.69) is 104 Å². The topological polar surface area (TPSA) is 66.6 Å². The fraction of sp³-hybridized carbons (Fsp3) is 0.176. The van der Waals surface area contributed by atoms with Crippen LogP contribution in [0.25, 0.3) is 65.9 Å². The van der Waals surface area contributed by atoms with Gasteiger partial charge in [0.05, 0.1) is 16.6 Å². The van der Waals surface area contributed by atoms with E-state index in [1.165, 1.54) is 43.8 Å². The molecule has 1 aliphatic heterocycles. The third kappa shape index (κ3) is 3.26. The van der Waals surface area contributed by atoms with E-state index in [0.717, 1.165) is 51.4 Å². The molecule has 39 heavy (non-hydrogen) atoms. The minimum Gasteiger partial charge on any atom is -0.486 e. The first-order valence-corrected chi connectivity index (χ1v) is 13.7. The predicted molar refractivity (Wildman–Crippen MR) is 159 cm³/mol. The number of H-pyrrole nitrogens is 2. The van der Waals surface area contributed by atoms with E-state index >= 15 is 0 Å². The first kappa shape index (κ1) is 22.4. The predicted octanol–water partition coefficient (Wildman–Crippen LogP) is 8.66. The molecule has 7 aromatic rings. The number of aryl methyl sites for hydroxylation is 1. The molecule has 0 radical (unpaired) electrons. The summed E-state index contributed by atoms with van der Waals surface area (Å²) in [6.45, 7) is 7.00. The van der Waals surface area contributed by atoms with Gasteiger partial charge in [0.15, 0.2) is 5.75 Å². The highest BCUT2D eigenvalue weighted by Crippen LogP contribution is 2.43. The van der Waals surface area contributed by atoms with Crippen LogP contribution in [0, 0.1) is 0 Å². The number of hydrogen-bond donors (Lipinski definition) is 2. The molecule has 1 aliphatic rings. The van der Waals surface area contributed by atoms with Gasteiger partial charge in [0.25, 0.3) is 0 Å². The van der Waals surface area contributed by atoms with Crippen molar-refractivity contribution < 1.29 is 4.74 Å². The molecule has 0 spiro atoms. The maximum atomic E-state index is 6.32. The molecule has 0 amide bonds. The lowest BCUT2D eigenvalue weighted by atomic mass is 9.91. The van der Waals surface area contributed by atoms with Crippen LogP contribution in [0.5, 0.6) is 5.75 Å². The molecule has 2 aromatic heterocycles. The fourth-order valence-corrected chi connectivity index (χ4v) is 6.08. The standard InChI is InChI=1S/C34H28N4O/c1-4-29-35-28-14-13-26-22-11-9-19(15-21(22)17-39-33(26)32(28)36-29)20-10-12-25-27(16-20)23-7-5-6-8-24(23)30-31(25)38-34(37-30)18(2)3/h5-16,18H,4,17H2,1-3H3,(H,35,36)(H,37,38). The summed E-state index contributed by atoms with van der Waals surface area (Å²) in [7, 11) is 0. The highest BCUT2D eigenvalue weighted by molar-refractivity contribution is 6.23. The molecule has 5 heteroatoms. The summed E-state index contributed by atoms with van der Waals surface area (Å²) in [5.74, 6) is 3.23. The van der Waals surface area contributed by atoms with Gasteiger partial charge in [-0.05, 0) is 57.3 Å². The monoisotopic (exact) mass is 508 g/mol. The average Bonchev–Trinajstić information content (AvgIpc) is 3.62. The number of nitrogens with one attached hydrogen (secondary N) is 2. The van der Waals surface area contributed by atoms with Gasteiger partial charge in [-0.25, -0.2) is 9.97 Å². The van der Waals surface area contributed by atoms with E-state index in [1.54, 1.807) is 0 Å². The molecule has 0 bridgehead atoms. The van der Waals surface area contributed by atoms with Crippen molar-refractivity contribution in [3.63, 3.8) is 0 Å². The molecule has 0 aliphatic carbocycles. The number of hydrogen-bond acceptors (Lipinski definition) is 3. The second kappa shape index (κ2) is 8.18. The SMILES string of the molecule is CCc1nc2c3c(ccc2[nH]1)-c1ccc(-c2ccc4c(c2)c2ccccc2c2nc(C(C)C)[nH]c42)cc1CO3. The number of fused-ring (bicyclic) bond motifs is 11. The van der Waals surface area contributed by atoms with Crippen molar-refractivity contribution in [2.45, 2.75) is 39.7 Å². The lowest BCUT2D eigenvalue weighted by Gasteiger charge is -2.22. The van der Waals surface area contributed by atoms with Gasteiger partial charge < -0.3 is 14.7 Å². The van der Waals surface area contributed by atoms with E-state index in [4.69, 9.17) is 14.7 Å². The Labute approximate surface area is 225 Å². The Kier molecular flexibility index (Phi) is 4.69. The van der Waals surface area contributed by atoms with Crippen molar-refractivity contribution in [3.05, 3.63) is 90.0 Å². The third-order valence-electron chi connectivity index (χ3n) is 8.12. The van der Waals surface area contributed by atoms with Gasteiger partial charge in [0.2, 0.25) is 0 Å². The maximum absolute atomic E-state index is 6.32. The molecule has 5 nitrogen and oxygen atoms in total. The summed E-state index contributed by atoms with van der Waals surface area (Å²) in [6, 6.07) is 26.4. The van der Waals surface area contributed by atoms with Crippen LogP contribution in [0.4, 0.5) is 0 Å². The van der Waals surface area contributed by atoms with Crippen LogP contribution in [0.3, 0.4) is 0 Å². The summed E-state index contributed by atoms with van der Waals surface area (Å²) in [4.78, 5) is 16.8. The normalized spacial score (nSPS) is 12.9. The highest BCUT2D eigenvalue weighted by atomic mass is 16.5. The quantitative estimate of drug-likeness (QED) is 0.235. The second-order valence-electron chi connectivity index (χ2n) is 10.8. The summed E-state index contributed by atoms with van der Waals surface area (Å²) in [5, 5.41) is 4.86. The lowest BCUT2D eigenvalue weighted by molar-refractivity contribution is 0.305. The second-order valence-corrected chi connectivity index (χ2v) is 10.8. The minimum absolute atomic E-state index is 0.339. The van der Waals surface area contributed by atoms with Crippen molar-refractivity contribution in [2.24, 2.45) is 0 Å². The third-order valence-corrected chi connectivity index (χ3v) is 8.12. The number of aromatic amines is 2. The Morgan fingerprint density at radius 1 is 0.769 bits per heavy atom. The largest absolute Gasteiger partial charge is 0.486 e. The van der Waals surface area contributed by atoms with Crippen LogP contribution in [-0.2, 0) is 13.0 Å². The van der Waals surface area contributed by atoms with Crippen molar-refractivity contribution in [1.82, 2.24) is 19.9 Å². The van der Waals surface area contributed by atoms with Crippen LogP contribution in [0.2, 0.25) is 0 Å². The van der Waals surface area contributed by atoms with Gasteiger partial charge >= 0.3 is 0 Å². The smallest absolute Gasteiger partial charge is 0.155 e. The first-order valence-electron chi connectivity index (χ1n) is 13.7. The van der Waals surface area contributed by atoms with Crippen molar-refractivity contribution >= 4 is 43.6 Å². The van der Waals surface area contributed by atoms with Gasteiger partial charge in [-0.15, -0.1) is 0 Å². The molecule has 0 saturated heterocycles. The number of ether oxygens (including phenoxy) is 1. The Hall–Kier alpha value is -4.64. The summed E-state index contributed by atoms with van der Waals surface area (Å²) in [5.41, 5.74) is 10.0. The van der Waals surface area contributed by atoms with E-state index in [9.17, 15) is 0 Å². The van der Waals surface area contributed by atoms with Crippen LogP contribution in [-0.4, -0.2) is 19.9 Å². The molecular weight excluding hydrogens is 480 g/mol. The van der Waals surface area contributed by atoms with Gasteiger partial charge in [0, 0.05) is 28.7 Å². The number of benzene rings is 5.